The van der Waals surface area contributed by atoms with Crippen LogP contribution in [0.3, 0.4) is 0 Å². The lowest BCUT2D eigenvalue weighted by Crippen LogP contribution is -2.00. The zero-order valence-corrected chi connectivity index (χ0v) is 9.46. The van der Waals surface area contributed by atoms with Gasteiger partial charge in [0.2, 0.25) is 0 Å². The molecule has 2 N–H and O–H groups in total. The maximum absolute atomic E-state index is 6.19. The molecule has 0 bridgehead atoms. The van der Waals surface area contributed by atoms with E-state index in [9.17, 15) is 0 Å². The van der Waals surface area contributed by atoms with Crippen LogP contribution in [-0.4, -0.2) is 16.3 Å². The molecule has 0 unspecified atom stereocenters. The van der Waals surface area contributed by atoms with Gasteiger partial charge in [0.15, 0.2) is 0 Å². The molecule has 3 nitrogen and oxygen atoms in total. The number of hydrogen-bond acceptors (Lipinski definition) is 2. The first-order valence-electron chi connectivity index (χ1n) is 5.04. The first kappa shape index (κ1) is 10.5. The molecule has 1 aromatic heterocycles. The average Bonchev–Trinajstić information content (AvgIpc) is 2.53. The first-order chi connectivity index (χ1) is 7.24. The van der Waals surface area contributed by atoms with Crippen molar-refractivity contribution in [3.05, 3.63) is 28.9 Å². The third kappa shape index (κ3) is 1.85. The molecule has 2 aromatic rings. The summed E-state index contributed by atoms with van der Waals surface area (Å²) in [6, 6.07) is 6.08. The number of nitrogens with two attached hydrogens (primary N) is 1. The van der Waals surface area contributed by atoms with Gasteiger partial charge in [-0.2, -0.15) is 5.10 Å². The SMILES string of the molecule is Cn1nc2cccc(CCCN)c2c1Cl. The van der Waals surface area contributed by atoms with Gasteiger partial charge in [-0.25, -0.2) is 0 Å². The molecule has 0 fully saturated rings. The predicted molar refractivity (Wildman–Crippen MR) is 63.1 cm³/mol. The normalized spacial score (nSPS) is 11.1. The van der Waals surface area contributed by atoms with E-state index in [4.69, 9.17) is 17.3 Å². The van der Waals surface area contributed by atoms with Crippen molar-refractivity contribution in [1.29, 1.82) is 0 Å². The van der Waals surface area contributed by atoms with Crippen LogP contribution >= 0.6 is 11.6 Å². The van der Waals surface area contributed by atoms with Crippen molar-refractivity contribution in [2.75, 3.05) is 6.54 Å². The van der Waals surface area contributed by atoms with Crippen molar-refractivity contribution < 1.29 is 0 Å². The topological polar surface area (TPSA) is 43.8 Å². The smallest absolute Gasteiger partial charge is 0.134 e. The predicted octanol–water partition coefficient (Wildman–Crippen LogP) is 2.12. The van der Waals surface area contributed by atoms with Gasteiger partial charge in [0.05, 0.1) is 5.52 Å². The number of fused-ring (bicyclic) bond motifs is 1. The van der Waals surface area contributed by atoms with Gasteiger partial charge < -0.3 is 5.73 Å². The lowest BCUT2D eigenvalue weighted by atomic mass is 10.1. The van der Waals surface area contributed by atoms with E-state index in [1.54, 1.807) is 4.68 Å². The Morgan fingerprint density at radius 1 is 1.47 bits per heavy atom. The number of aryl methyl sites for hydroxylation is 2. The molecule has 0 saturated carbocycles. The van der Waals surface area contributed by atoms with E-state index < -0.39 is 0 Å². The van der Waals surface area contributed by atoms with Crippen molar-refractivity contribution in [2.24, 2.45) is 12.8 Å². The fourth-order valence-corrected chi connectivity index (χ4v) is 2.03. The second kappa shape index (κ2) is 4.21. The summed E-state index contributed by atoms with van der Waals surface area (Å²) >= 11 is 6.19. The zero-order chi connectivity index (χ0) is 10.8. The van der Waals surface area contributed by atoms with E-state index in [1.165, 1.54) is 5.56 Å². The van der Waals surface area contributed by atoms with Crippen LogP contribution in [0.4, 0.5) is 0 Å². The molecule has 0 amide bonds. The van der Waals surface area contributed by atoms with E-state index in [0.717, 1.165) is 23.7 Å². The van der Waals surface area contributed by atoms with Crippen LogP contribution < -0.4 is 5.73 Å². The van der Waals surface area contributed by atoms with E-state index in [0.29, 0.717) is 11.7 Å². The second-order valence-electron chi connectivity index (χ2n) is 3.62. The fraction of sp³-hybridized carbons (Fsp3) is 0.364. The van der Waals surface area contributed by atoms with Gasteiger partial charge in [-0.15, -0.1) is 0 Å². The lowest BCUT2D eigenvalue weighted by Gasteiger charge is -2.01. The monoisotopic (exact) mass is 223 g/mol. The summed E-state index contributed by atoms with van der Waals surface area (Å²) in [6.07, 6.45) is 1.93. The van der Waals surface area contributed by atoms with Crippen LogP contribution in [0.25, 0.3) is 10.9 Å². The minimum absolute atomic E-state index is 0.703. The van der Waals surface area contributed by atoms with Crippen LogP contribution in [0, 0.1) is 0 Å². The largest absolute Gasteiger partial charge is 0.330 e. The first-order valence-corrected chi connectivity index (χ1v) is 5.42. The van der Waals surface area contributed by atoms with Gasteiger partial charge in [0.25, 0.3) is 0 Å². The molecule has 0 aliphatic rings. The molecule has 1 heterocycles. The Labute approximate surface area is 93.8 Å². The molecule has 0 aliphatic heterocycles. The summed E-state index contributed by atoms with van der Waals surface area (Å²) in [6.45, 7) is 0.703. The van der Waals surface area contributed by atoms with E-state index in [2.05, 4.69) is 11.2 Å². The average molecular weight is 224 g/mol. The quantitative estimate of drug-likeness (QED) is 0.866. The molecule has 80 valence electrons. The van der Waals surface area contributed by atoms with Crippen LogP contribution in [0.15, 0.2) is 18.2 Å². The summed E-state index contributed by atoms with van der Waals surface area (Å²) in [4.78, 5) is 0. The molecular weight excluding hydrogens is 210 g/mol. The highest BCUT2D eigenvalue weighted by molar-refractivity contribution is 6.34. The molecule has 0 spiro atoms. The van der Waals surface area contributed by atoms with E-state index >= 15 is 0 Å². The highest BCUT2D eigenvalue weighted by Crippen LogP contribution is 2.26. The molecule has 4 heteroatoms. The summed E-state index contributed by atoms with van der Waals surface area (Å²) in [5.41, 5.74) is 7.70. The number of hydrogen-bond donors (Lipinski definition) is 1. The van der Waals surface area contributed by atoms with Crippen molar-refractivity contribution in [2.45, 2.75) is 12.8 Å². The van der Waals surface area contributed by atoms with Crippen molar-refractivity contribution in [3.8, 4) is 0 Å². The molecule has 0 aliphatic carbocycles. The molecule has 1 aromatic carbocycles. The molecule has 0 radical (unpaired) electrons. The minimum atomic E-state index is 0.703. The summed E-state index contributed by atoms with van der Waals surface area (Å²) in [7, 11) is 1.86. The molecule has 15 heavy (non-hydrogen) atoms. The van der Waals surface area contributed by atoms with Crippen LogP contribution in [0.2, 0.25) is 5.15 Å². The van der Waals surface area contributed by atoms with Crippen molar-refractivity contribution in [3.63, 3.8) is 0 Å². The maximum Gasteiger partial charge on any atom is 0.134 e. The Balaban J connectivity index is 2.53. The summed E-state index contributed by atoms with van der Waals surface area (Å²) in [5, 5.41) is 6.11. The van der Waals surface area contributed by atoms with Crippen LogP contribution in [0.5, 0.6) is 0 Å². The number of rotatable bonds is 3. The Morgan fingerprint density at radius 2 is 2.27 bits per heavy atom. The fourth-order valence-electron chi connectivity index (χ4n) is 1.78. The van der Waals surface area contributed by atoms with Gasteiger partial charge in [0, 0.05) is 12.4 Å². The van der Waals surface area contributed by atoms with Crippen LogP contribution in [-0.2, 0) is 13.5 Å². The highest BCUT2D eigenvalue weighted by Gasteiger charge is 2.09. The number of nitrogens with zero attached hydrogens (tertiary/aromatic N) is 2. The zero-order valence-electron chi connectivity index (χ0n) is 8.70. The lowest BCUT2D eigenvalue weighted by molar-refractivity contribution is 0.780. The second-order valence-corrected chi connectivity index (χ2v) is 3.98. The Kier molecular flexibility index (Phi) is 2.93. The van der Waals surface area contributed by atoms with Crippen molar-refractivity contribution >= 4 is 22.5 Å². The molecule has 2 rings (SSSR count). The number of halogens is 1. The van der Waals surface area contributed by atoms with Crippen molar-refractivity contribution in [1.82, 2.24) is 9.78 Å². The van der Waals surface area contributed by atoms with E-state index in [-0.39, 0.29) is 0 Å². The number of aromatic nitrogens is 2. The van der Waals surface area contributed by atoms with Gasteiger partial charge >= 0.3 is 0 Å². The Hall–Kier alpha value is -1.06. The molecular formula is C11H14ClN3. The summed E-state index contributed by atoms with van der Waals surface area (Å²) in [5.74, 6) is 0. The maximum atomic E-state index is 6.19. The Morgan fingerprint density at radius 3 is 3.00 bits per heavy atom. The highest BCUT2D eigenvalue weighted by atomic mass is 35.5. The third-order valence-electron chi connectivity index (χ3n) is 2.53. The van der Waals surface area contributed by atoms with Gasteiger partial charge in [-0.05, 0) is 31.0 Å². The van der Waals surface area contributed by atoms with Gasteiger partial charge in [0.1, 0.15) is 5.15 Å². The molecule has 0 saturated heterocycles. The Bertz CT molecular complexity index is 476. The van der Waals surface area contributed by atoms with Crippen LogP contribution in [0.1, 0.15) is 12.0 Å². The van der Waals surface area contributed by atoms with Gasteiger partial charge in [-0.3, -0.25) is 4.68 Å². The van der Waals surface area contributed by atoms with Gasteiger partial charge in [-0.1, -0.05) is 23.7 Å². The molecule has 0 atom stereocenters. The minimum Gasteiger partial charge on any atom is -0.330 e. The standard InChI is InChI=1S/C11H14ClN3/c1-15-11(12)10-8(5-3-7-13)4-2-6-9(10)14-15/h2,4,6H,3,5,7,13H2,1H3. The van der Waals surface area contributed by atoms with E-state index in [1.807, 2.05) is 19.2 Å². The number of benzene rings is 1. The summed E-state index contributed by atoms with van der Waals surface area (Å²) < 4.78 is 1.71. The third-order valence-corrected chi connectivity index (χ3v) is 2.96.